The molecule has 1 unspecified atom stereocenters. The maximum Gasteiger partial charge on any atom is 0.253 e. The molecule has 0 heterocycles. The van der Waals surface area contributed by atoms with Crippen molar-refractivity contribution in [3.63, 3.8) is 0 Å². The molecule has 9 heteroatoms. The van der Waals surface area contributed by atoms with Gasteiger partial charge in [-0.3, -0.25) is 9.59 Å². The molecular weight excluding hydrogens is 450 g/mol. The number of rotatable bonds is 8. The number of carbonyl (C=O) groups is 2. The Kier molecular flexibility index (Phi) is 7.63. The van der Waals surface area contributed by atoms with Crippen molar-refractivity contribution in [3.8, 4) is 0 Å². The first-order chi connectivity index (χ1) is 15.2. The van der Waals surface area contributed by atoms with Crippen LogP contribution in [0.3, 0.4) is 0 Å². The first-order valence-electron chi connectivity index (χ1n) is 9.73. The van der Waals surface area contributed by atoms with Crippen LogP contribution in [-0.2, 0) is 21.4 Å². The Morgan fingerprint density at radius 2 is 1.62 bits per heavy atom. The van der Waals surface area contributed by atoms with E-state index in [4.69, 9.17) is 16.7 Å². The molecular formula is C23H22ClN3O4S. The van der Waals surface area contributed by atoms with E-state index in [1.165, 1.54) is 12.1 Å². The molecule has 0 aliphatic heterocycles. The Bertz CT molecular complexity index is 1220. The van der Waals surface area contributed by atoms with Crippen LogP contribution in [0.5, 0.6) is 0 Å². The van der Waals surface area contributed by atoms with E-state index in [2.05, 4.69) is 10.6 Å². The number of halogens is 1. The Morgan fingerprint density at radius 1 is 0.938 bits per heavy atom. The van der Waals surface area contributed by atoms with Gasteiger partial charge in [-0.15, -0.1) is 0 Å². The van der Waals surface area contributed by atoms with Crippen LogP contribution in [0.25, 0.3) is 0 Å². The van der Waals surface area contributed by atoms with Crippen LogP contribution >= 0.6 is 11.6 Å². The van der Waals surface area contributed by atoms with Gasteiger partial charge >= 0.3 is 0 Å². The topological polar surface area (TPSA) is 118 Å². The highest BCUT2D eigenvalue weighted by atomic mass is 35.5. The standard InChI is InChI=1S/C23H22ClN3O4S/c24-20-12-5-4-11-19(20)23(29)27-21(17-8-2-1-3-9-17)14-22(28)26-15-16-7-6-10-18(13-16)32(25,30)31/h1-13,21H,14-15H2,(H,26,28)(H,27,29)(H2,25,30,31). The van der Waals surface area contributed by atoms with Crippen LogP contribution in [0.1, 0.15) is 33.9 Å². The van der Waals surface area contributed by atoms with Gasteiger partial charge < -0.3 is 10.6 Å². The van der Waals surface area contributed by atoms with Gasteiger partial charge in [-0.05, 0) is 35.4 Å². The predicted molar refractivity (Wildman–Crippen MR) is 122 cm³/mol. The highest BCUT2D eigenvalue weighted by Crippen LogP contribution is 2.20. The van der Waals surface area contributed by atoms with Gasteiger partial charge in [0, 0.05) is 6.54 Å². The van der Waals surface area contributed by atoms with E-state index in [-0.39, 0.29) is 23.8 Å². The van der Waals surface area contributed by atoms with Crippen LogP contribution in [0.4, 0.5) is 0 Å². The first kappa shape index (κ1) is 23.5. The van der Waals surface area contributed by atoms with Crippen LogP contribution in [-0.4, -0.2) is 20.2 Å². The summed E-state index contributed by atoms with van der Waals surface area (Å²) in [6.07, 6.45) is -0.0188. The lowest BCUT2D eigenvalue weighted by Gasteiger charge is -2.19. The molecule has 4 N–H and O–H groups in total. The van der Waals surface area contributed by atoms with Crippen molar-refractivity contribution in [2.75, 3.05) is 0 Å². The zero-order chi connectivity index (χ0) is 23.1. The van der Waals surface area contributed by atoms with Gasteiger partial charge in [0.2, 0.25) is 15.9 Å². The lowest BCUT2D eigenvalue weighted by atomic mass is 10.0. The summed E-state index contributed by atoms with van der Waals surface area (Å²) >= 11 is 6.12. The van der Waals surface area contributed by atoms with Crippen molar-refractivity contribution in [2.24, 2.45) is 5.14 Å². The first-order valence-corrected chi connectivity index (χ1v) is 11.7. The van der Waals surface area contributed by atoms with Crippen molar-refractivity contribution in [2.45, 2.75) is 23.9 Å². The Hall–Kier alpha value is -3.20. The molecule has 7 nitrogen and oxygen atoms in total. The molecule has 1 atom stereocenters. The van der Waals surface area contributed by atoms with Crippen molar-refractivity contribution in [1.29, 1.82) is 0 Å². The quantitative estimate of drug-likeness (QED) is 0.467. The van der Waals surface area contributed by atoms with Gasteiger partial charge in [-0.2, -0.15) is 0 Å². The van der Waals surface area contributed by atoms with Crippen molar-refractivity contribution in [1.82, 2.24) is 10.6 Å². The molecule has 0 saturated heterocycles. The van der Waals surface area contributed by atoms with Crippen molar-refractivity contribution in [3.05, 3.63) is 101 Å². The minimum absolute atomic E-state index is 0.0188. The smallest absolute Gasteiger partial charge is 0.253 e. The zero-order valence-corrected chi connectivity index (χ0v) is 18.6. The van der Waals surface area contributed by atoms with E-state index < -0.39 is 22.0 Å². The second kappa shape index (κ2) is 10.4. The molecule has 2 amide bonds. The molecule has 166 valence electrons. The maximum absolute atomic E-state index is 12.7. The number of nitrogens with one attached hydrogen (secondary N) is 2. The summed E-state index contributed by atoms with van der Waals surface area (Å²) in [5.74, 6) is -0.711. The maximum atomic E-state index is 12.7. The summed E-state index contributed by atoms with van der Waals surface area (Å²) in [6, 6.07) is 21.2. The van der Waals surface area contributed by atoms with E-state index in [9.17, 15) is 18.0 Å². The third kappa shape index (κ3) is 6.40. The number of hydrogen-bond acceptors (Lipinski definition) is 4. The molecule has 0 radical (unpaired) electrons. The van der Waals surface area contributed by atoms with Gasteiger partial charge in [0.15, 0.2) is 0 Å². The predicted octanol–water partition coefficient (Wildman–Crippen LogP) is 3.17. The number of carbonyl (C=O) groups excluding carboxylic acids is 2. The van der Waals surface area contributed by atoms with Gasteiger partial charge in [-0.25, -0.2) is 13.6 Å². The van der Waals surface area contributed by atoms with Crippen molar-refractivity contribution < 1.29 is 18.0 Å². The van der Waals surface area contributed by atoms with E-state index in [0.29, 0.717) is 16.1 Å². The molecule has 32 heavy (non-hydrogen) atoms. The summed E-state index contributed by atoms with van der Waals surface area (Å²) in [5, 5.41) is 11.1. The van der Waals surface area contributed by atoms with Crippen LogP contribution in [0.2, 0.25) is 5.02 Å². The van der Waals surface area contributed by atoms with Gasteiger partial charge in [-0.1, -0.05) is 66.2 Å². The number of primary sulfonamides is 1. The summed E-state index contributed by atoms with van der Waals surface area (Å²) < 4.78 is 23.0. The summed E-state index contributed by atoms with van der Waals surface area (Å²) in [7, 11) is -3.83. The highest BCUT2D eigenvalue weighted by molar-refractivity contribution is 7.89. The fourth-order valence-corrected chi connectivity index (χ4v) is 3.91. The molecule has 0 bridgehead atoms. The SMILES string of the molecule is NS(=O)(=O)c1cccc(CNC(=O)CC(NC(=O)c2ccccc2Cl)c2ccccc2)c1. The van der Waals surface area contributed by atoms with E-state index in [0.717, 1.165) is 5.56 Å². The normalized spacial score (nSPS) is 12.1. The summed E-state index contributed by atoms with van der Waals surface area (Å²) in [4.78, 5) is 25.4. The molecule has 0 aromatic heterocycles. The Balaban J connectivity index is 1.70. The zero-order valence-electron chi connectivity index (χ0n) is 17.0. The Labute approximate surface area is 191 Å². The average molecular weight is 472 g/mol. The lowest BCUT2D eigenvalue weighted by molar-refractivity contribution is -0.121. The number of nitrogens with two attached hydrogens (primary N) is 1. The van der Waals surface area contributed by atoms with E-state index >= 15 is 0 Å². The van der Waals surface area contributed by atoms with Gasteiger partial charge in [0.1, 0.15) is 0 Å². The third-order valence-corrected chi connectivity index (χ3v) is 5.97. The molecule has 0 aliphatic rings. The number of amides is 2. The van der Waals surface area contributed by atoms with Gasteiger partial charge in [0.25, 0.3) is 5.91 Å². The minimum atomic E-state index is -3.83. The fourth-order valence-electron chi connectivity index (χ4n) is 3.11. The molecule has 0 saturated carbocycles. The number of sulfonamides is 1. The number of hydrogen-bond donors (Lipinski definition) is 3. The van der Waals surface area contributed by atoms with Crippen molar-refractivity contribution >= 4 is 33.4 Å². The summed E-state index contributed by atoms with van der Waals surface area (Å²) in [5.41, 5.74) is 1.66. The molecule has 3 aromatic rings. The van der Waals surface area contributed by atoms with Gasteiger partial charge in [0.05, 0.1) is 27.9 Å². The molecule has 3 rings (SSSR count). The molecule has 3 aromatic carbocycles. The third-order valence-electron chi connectivity index (χ3n) is 4.73. The largest absolute Gasteiger partial charge is 0.352 e. The highest BCUT2D eigenvalue weighted by Gasteiger charge is 2.20. The van der Waals surface area contributed by atoms with E-state index in [1.54, 1.807) is 36.4 Å². The van der Waals surface area contributed by atoms with Crippen LogP contribution in [0.15, 0.2) is 83.8 Å². The summed E-state index contributed by atoms with van der Waals surface area (Å²) in [6.45, 7) is 0.113. The van der Waals surface area contributed by atoms with E-state index in [1.807, 2.05) is 30.3 Å². The van der Waals surface area contributed by atoms with Crippen LogP contribution in [0, 0.1) is 0 Å². The lowest BCUT2D eigenvalue weighted by Crippen LogP contribution is -2.33. The fraction of sp³-hybridized carbons (Fsp3) is 0.130. The number of benzene rings is 3. The average Bonchev–Trinajstić information content (AvgIpc) is 2.78. The monoisotopic (exact) mass is 471 g/mol. The molecule has 0 spiro atoms. The second-order valence-electron chi connectivity index (χ2n) is 7.09. The van der Waals surface area contributed by atoms with Crippen LogP contribution < -0.4 is 15.8 Å². The molecule has 0 aliphatic carbocycles. The minimum Gasteiger partial charge on any atom is -0.352 e. The Morgan fingerprint density at radius 3 is 2.31 bits per heavy atom. The second-order valence-corrected chi connectivity index (χ2v) is 9.06. The molecule has 0 fully saturated rings.